The summed E-state index contributed by atoms with van der Waals surface area (Å²) >= 11 is 0. The highest BCUT2D eigenvalue weighted by atomic mass is 16.5. The summed E-state index contributed by atoms with van der Waals surface area (Å²) in [6.45, 7) is 4.72. The van der Waals surface area contributed by atoms with Crippen LogP contribution in [0.25, 0.3) is 77.2 Å². The summed E-state index contributed by atoms with van der Waals surface area (Å²) in [7, 11) is 0. The molecule has 2 aliphatic rings. The lowest BCUT2D eigenvalue weighted by Gasteiger charge is -2.23. The second-order valence-electron chi connectivity index (χ2n) is 13.8. The molecule has 0 amide bonds. The lowest BCUT2D eigenvalue weighted by molar-refractivity contribution is 0.487. The number of benzene rings is 8. The van der Waals surface area contributed by atoms with Crippen molar-refractivity contribution in [3.63, 3.8) is 0 Å². The molecular formula is C47H32O. The summed E-state index contributed by atoms with van der Waals surface area (Å²) < 4.78 is 6.58. The van der Waals surface area contributed by atoms with Crippen molar-refractivity contribution < 1.29 is 4.74 Å². The zero-order valence-electron chi connectivity index (χ0n) is 26.9. The van der Waals surface area contributed by atoms with E-state index < -0.39 is 0 Å². The molecule has 48 heavy (non-hydrogen) atoms. The van der Waals surface area contributed by atoms with Crippen LogP contribution in [0.2, 0.25) is 0 Å². The summed E-state index contributed by atoms with van der Waals surface area (Å²) in [6, 6.07) is 57.6. The molecule has 0 atom stereocenters. The van der Waals surface area contributed by atoms with Crippen molar-refractivity contribution in [2.45, 2.75) is 19.3 Å². The van der Waals surface area contributed by atoms with Crippen LogP contribution in [0.15, 0.2) is 158 Å². The first-order chi connectivity index (χ1) is 23.5. The fourth-order valence-electron chi connectivity index (χ4n) is 8.07. The third-order valence-electron chi connectivity index (χ3n) is 10.6. The van der Waals surface area contributed by atoms with Gasteiger partial charge in [0.2, 0.25) is 0 Å². The Hall–Kier alpha value is -5.92. The van der Waals surface area contributed by atoms with Gasteiger partial charge in [-0.3, -0.25) is 0 Å². The predicted octanol–water partition coefficient (Wildman–Crippen LogP) is 13.1. The molecule has 10 rings (SSSR count). The molecule has 1 heterocycles. The molecule has 1 nitrogen and oxygen atoms in total. The molecule has 0 saturated heterocycles. The number of fused-ring (bicyclic) bond motifs is 6. The van der Waals surface area contributed by atoms with Crippen LogP contribution in [-0.4, -0.2) is 0 Å². The van der Waals surface area contributed by atoms with Gasteiger partial charge in [0.05, 0.1) is 0 Å². The van der Waals surface area contributed by atoms with Gasteiger partial charge in [-0.25, -0.2) is 0 Å². The molecule has 0 unspecified atom stereocenters. The largest absolute Gasteiger partial charge is 0.456 e. The van der Waals surface area contributed by atoms with E-state index in [0.29, 0.717) is 0 Å². The minimum Gasteiger partial charge on any atom is -0.456 e. The van der Waals surface area contributed by atoms with Gasteiger partial charge in [0.1, 0.15) is 11.5 Å². The van der Waals surface area contributed by atoms with Crippen molar-refractivity contribution in [3.05, 3.63) is 169 Å². The maximum Gasteiger partial charge on any atom is 0.136 e. The van der Waals surface area contributed by atoms with Crippen molar-refractivity contribution in [3.8, 4) is 67.1 Å². The van der Waals surface area contributed by atoms with Gasteiger partial charge in [0.15, 0.2) is 0 Å². The van der Waals surface area contributed by atoms with E-state index in [-0.39, 0.29) is 5.41 Å². The Kier molecular flexibility index (Phi) is 5.69. The summed E-state index contributed by atoms with van der Waals surface area (Å²) in [6.07, 6.45) is 0. The molecular weight excluding hydrogens is 581 g/mol. The second-order valence-corrected chi connectivity index (χ2v) is 13.8. The molecule has 8 aromatic rings. The van der Waals surface area contributed by atoms with Gasteiger partial charge < -0.3 is 4.74 Å². The summed E-state index contributed by atoms with van der Waals surface area (Å²) in [5, 5.41) is 4.97. The molecule has 0 radical (unpaired) electrons. The van der Waals surface area contributed by atoms with E-state index >= 15 is 0 Å². The van der Waals surface area contributed by atoms with Crippen LogP contribution in [-0.2, 0) is 5.41 Å². The fourth-order valence-corrected chi connectivity index (χ4v) is 8.07. The Morgan fingerprint density at radius 3 is 1.77 bits per heavy atom. The molecule has 8 aromatic carbocycles. The summed E-state index contributed by atoms with van der Waals surface area (Å²) in [4.78, 5) is 0. The SMILES string of the molecule is CC1(C)c2cc(-c3ccc(-c4ccc5c(c4)-c4cccc6cc(-c7ccccc7)cc(c46)O5)cc3)ccc2-c2cc3ccccc3cc21. The van der Waals surface area contributed by atoms with E-state index in [1.165, 1.54) is 82.7 Å². The lowest BCUT2D eigenvalue weighted by atomic mass is 9.81. The Morgan fingerprint density at radius 1 is 0.354 bits per heavy atom. The fraction of sp³-hybridized carbons (Fsp3) is 0.0638. The monoisotopic (exact) mass is 612 g/mol. The van der Waals surface area contributed by atoms with Crippen LogP contribution >= 0.6 is 0 Å². The van der Waals surface area contributed by atoms with Gasteiger partial charge in [-0.15, -0.1) is 0 Å². The van der Waals surface area contributed by atoms with Crippen molar-refractivity contribution >= 4 is 21.5 Å². The molecule has 0 N–H and O–H groups in total. The lowest BCUT2D eigenvalue weighted by Crippen LogP contribution is -2.15. The third-order valence-corrected chi connectivity index (χ3v) is 10.6. The molecule has 1 aliphatic heterocycles. The average Bonchev–Trinajstić information content (AvgIpc) is 3.35. The molecule has 1 heteroatoms. The van der Waals surface area contributed by atoms with E-state index in [1.54, 1.807) is 0 Å². The van der Waals surface area contributed by atoms with E-state index in [1.807, 2.05) is 0 Å². The van der Waals surface area contributed by atoms with Gasteiger partial charge in [-0.1, -0.05) is 129 Å². The smallest absolute Gasteiger partial charge is 0.136 e. The van der Waals surface area contributed by atoms with E-state index in [2.05, 4.69) is 172 Å². The molecule has 0 bridgehead atoms. The molecule has 0 aromatic heterocycles. The van der Waals surface area contributed by atoms with E-state index in [4.69, 9.17) is 4.74 Å². The number of hydrogen-bond donors (Lipinski definition) is 0. The minimum absolute atomic E-state index is 0.0551. The van der Waals surface area contributed by atoms with Crippen molar-refractivity contribution in [2.75, 3.05) is 0 Å². The molecule has 0 saturated carbocycles. The topological polar surface area (TPSA) is 9.23 Å². The van der Waals surface area contributed by atoms with Crippen molar-refractivity contribution in [2.24, 2.45) is 0 Å². The summed E-state index contributed by atoms with van der Waals surface area (Å²) in [5.41, 5.74) is 15.0. The number of rotatable bonds is 3. The molecule has 226 valence electrons. The van der Waals surface area contributed by atoms with Gasteiger partial charge in [-0.2, -0.15) is 0 Å². The highest BCUT2D eigenvalue weighted by molar-refractivity contribution is 6.06. The highest BCUT2D eigenvalue weighted by Crippen LogP contribution is 2.51. The number of ether oxygens (including phenoxy) is 1. The normalized spacial score (nSPS) is 13.5. The Bertz CT molecular complexity index is 2590. The van der Waals surface area contributed by atoms with E-state index in [0.717, 1.165) is 17.1 Å². The quantitative estimate of drug-likeness (QED) is 0.193. The Balaban J connectivity index is 0.993. The second kappa shape index (κ2) is 10.0. The average molecular weight is 613 g/mol. The van der Waals surface area contributed by atoms with Crippen LogP contribution in [0.3, 0.4) is 0 Å². The van der Waals surface area contributed by atoms with Gasteiger partial charge in [0, 0.05) is 16.4 Å². The van der Waals surface area contributed by atoms with E-state index in [9.17, 15) is 0 Å². The van der Waals surface area contributed by atoms with Crippen LogP contribution in [0.4, 0.5) is 0 Å². The number of hydrogen-bond acceptors (Lipinski definition) is 1. The van der Waals surface area contributed by atoms with Crippen LogP contribution in [0.1, 0.15) is 25.0 Å². The molecule has 0 fully saturated rings. The Labute approximate surface area is 280 Å². The summed E-state index contributed by atoms with van der Waals surface area (Å²) in [5.74, 6) is 1.82. The molecule has 0 spiro atoms. The Morgan fingerprint density at radius 2 is 0.979 bits per heavy atom. The van der Waals surface area contributed by atoms with Gasteiger partial charge in [-0.05, 0) is 120 Å². The van der Waals surface area contributed by atoms with Crippen LogP contribution in [0.5, 0.6) is 11.5 Å². The first kappa shape index (κ1) is 27.2. The minimum atomic E-state index is -0.0551. The maximum atomic E-state index is 6.58. The highest BCUT2D eigenvalue weighted by Gasteiger charge is 2.36. The first-order valence-corrected chi connectivity index (χ1v) is 16.7. The van der Waals surface area contributed by atoms with Crippen LogP contribution in [0, 0.1) is 0 Å². The van der Waals surface area contributed by atoms with Crippen molar-refractivity contribution in [1.82, 2.24) is 0 Å². The van der Waals surface area contributed by atoms with Crippen molar-refractivity contribution in [1.29, 1.82) is 0 Å². The standard InChI is InChI=1S/C47H32O/c1-47(2)42-27-35(19-21-38(42)40-24-32-11-6-7-12-33(32)26-43(40)47)31-17-15-30(16-18-31)34-20-22-44-41(25-34)39-14-8-13-36-23-37(28-45(48-44)46(36)39)29-9-4-3-5-10-29/h3-28H,1-2H3. The zero-order chi connectivity index (χ0) is 32.0. The maximum absolute atomic E-state index is 6.58. The van der Waals surface area contributed by atoms with Gasteiger partial charge >= 0.3 is 0 Å². The van der Waals surface area contributed by atoms with Crippen LogP contribution < -0.4 is 4.74 Å². The predicted molar refractivity (Wildman–Crippen MR) is 201 cm³/mol. The van der Waals surface area contributed by atoms with Gasteiger partial charge in [0.25, 0.3) is 0 Å². The first-order valence-electron chi connectivity index (χ1n) is 16.7. The molecule has 1 aliphatic carbocycles. The zero-order valence-corrected chi connectivity index (χ0v) is 26.9. The third kappa shape index (κ3) is 4.04.